The summed E-state index contributed by atoms with van der Waals surface area (Å²) in [5, 5.41) is 36.9. The SMILES string of the molecule is N#Cc1nc2c(nc1C#N)-c1ccc(Cl)cc1C2=NCC(N)=O.N#Cc1nc2c(nc1C#N)-c1ccc(Cl)cc1C2=O. The van der Waals surface area contributed by atoms with E-state index in [4.69, 9.17) is 50.0 Å². The normalized spacial score (nSPS) is 12.3. The molecule has 42 heavy (non-hydrogen) atoms. The Hall–Kier alpha value is -6.05. The standard InChI is InChI=1S/C15H7ClN6O.C13H3ClN4O/c16-7-1-2-8-9(3-7)13(20-6-12(19)23)15-14(8)21-10(4-17)11(5-18)22-15;14-6-1-2-7-8(3-6)13(19)12-11(7)17-9(4-15)10(5-16)18-12/h1-3H,6H2,(H2,19,23);1-3H. The minimum atomic E-state index is -0.600. The van der Waals surface area contributed by atoms with Crippen molar-refractivity contribution in [2.24, 2.45) is 10.7 Å². The number of carbonyl (C=O) groups is 2. The minimum Gasteiger partial charge on any atom is -0.368 e. The van der Waals surface area contributed by atoms with E-state index in [1.807, 2.05) is 12.1 Å². The molecular formula is C28H10Cl2N10O2. The summed E-state index contributed by atoms with van der Waals surface area (Å²) in [6.07, 6.45) is 0. The highest BCUT2D eigenvalue weighted by molar-refractivity contribution is 6.33. The van der Waals surface area contributed by atoms with Crippen LogP contribution >= 0.6 is 23.2 Å². The number of nitrogens with zero attached hydrogens (tertiary/aromatic N) is 9. The second-order valence-electron chi connectivity index (χ2n) is 8.52. The van der Waals surface area contributed by atoms with Gasteiger partial charge in [0.05, 0.1) is 5.71 Å². The average Bonchev–Trinajstić information content (AvgIpc) is 3.43. The number of hydrogen-bond acceptors (Lipinski definition) is 11. The van der Waals surface area contributed by atoms with Gasteiger partial charge < -0.3 is 5.73 Å². The van der Waals surface area contributed by atoms with Crippen LogP contribution in [0.2, 0.25) is 10.0 Å². The van der Waals surface area contributed by atoms with Crippen LogP contribution in [0.15, 0.2) is 41.4 Å². The Morgan fingerprint density at radius 2 is 1.12 bits per heavy atom. The van der Waals surface area contributed by atoms with Crippen molar-refractivity contribution >= 4 is 40.6 Å². The number of carbonyl (C=O) groups excluding carboxylic acids is 2. The predicted molar refractivity (Wildman–Crippen MR) is 147 cm³/mol. The van der Waals surface area contributed by atoms with Crippen LogP contribution < -0.4 is 5.73 Å². The summed E-state index contributed by atoms with van der Waals surface area (Å²) in [4.78, 5) is 43.7. The molecule has 12 nitrogen and oxygen atoms in total. The van der Waals surface area contributed by atoms with Crippen molar-refractivity contribution in [2.75, 3.05) is 6.54 Å². The lowest BCUT2D eigenvalue weighted by Crippen LogP contribution is -2.16. The Morgan fingerprint density at radius 1 is 0.690 bits per heavy atom. The van der Waals surface area contributed by atoms with Gasteiger partial charge in [0.25, 0.3) is 0 Å². The van der Waals surface area contributed by atoms with E-state index in [0.717, 1.165) is 0 Å². The number of halogens is 2. The second-order valence-corrected chi connectivity index (χ2v) is 9.40. The Morgan fingerprint density at radius 3 is 1.62 bits per heavy atom. The van der Waals surface area contributed by atoms with Crippen molar-refractivity contribution in [3.05, 3.63) is 91.7 Å². The van der Waals surface area contributed by atoms with Gasteiger partial charge in [0, 0.05) is 32.3 Å². The van der Waals surface area contributed by atoms with Gasteiger partial charge in [-0.25, -0.2) is 19.9 Å². The number of nitrogens with two attached hydrogens (primary N) is 1. The molecule has 14 heteroatoms. The van der Waals surface area contributed by atoms with Gasteiger partial charge in [-0.05, 0) is 24.3 Å². The van der Waals surface area contributed by atoms with Gasteiger partial charge in [-0.3, -0.25) is 14.6 Å². The number of benzene rings is 2. The number of aromatic nitrogens is 4. The number of rotatable bonds is 2. The van der Waals surface area contributed by atoms with Crippen LogP contribution in [0.1, 0.15) is 50.1 Å². The molecule has 2 heterocycles. The summed E-state index contributed by atoms with van der Waals surface area (Å²) >= 11 is 11.9. The molecule has 2 aromatic heterocycles. The third-order valence-corrected chi connectivity index (χ3v) is 6.49. The van der Waals surface area contributed by atoms with Crippen molar-refractivity contribution in [1.29, 1.82) is 21.0 Å². The first-order chi connectivity index (χ1) is 20.2. The minimum absolute atomic E-state index is 0.0664. The maximum atomic E-state index is 12.2. The summed E-state index contributed by atoms with van der Waals surface area (Å²) < 4.78 is 0. The van der Waals surface area contributed by atoms with E-state index in [1.165, 1.54) is 6.07 Å². The van der Waals surface area contributed by atoms with E-state index in [1.54, 1.807) is 42.5 Å². The van der Waals surface area contributed by atoms with Crippen molar-refractivity contribution in [3.8, 4) is 46.8 Å². The highest BCUT2D eigenvalue weighted by Crippen LogP contribution is 2.37. The van der Waals surface area contributed by atoms with Crippen LogP contribution in [0.25, 0.3) is 22.5 Å². The third kappa shape index (κ3) is 4.66. The third-order valence-electron chi connectivity index (χ3n) is 6.02. The maximum Gasteiger partial charge on any atom is 0.239 e. The zero-order valence-electron chi connectivity index (χ0n) is 20.8. The number of amides is 1. The summed E-state index contributed by atoms with van der Waals surface area (Å²) in [7, 11) is 0. The Labute approximate surface area is 246 Å². The van der Waals surface area contributed by atoms with Gasteiger partial charge >= 0.3 is 0 Å². The molecule has 1 amide bonds. The fourth-order valence-electron chi connectivity index (χ4n) is 4.28. The molecule has 198 valence electrons. The molecule has 6 rings (SSSR count). The molecule has 2 aromatic carbocycles. The van der Waals surface area contributed by atoms with E-state index in [9.17, 15) is 9.59 Å². The molecule has 0 spiro atoms. The van der Waals surface area contributed by atoms with Crippen LogP contribution in [0.5, 0.6) is 0 Å². The molecule has 0 unspecified atom stereocenters. The van der Waals surface area contributed by atoms with E-state index >= 15 is 0 Å². The molecule has 2 N–H and O–H groups in total. The average molecular weight is 589 g/mol. The second kappa shape index (κ2) is 10.8. The van der Waals surface area contributed by atoms with Crippen molar-refractivity contribution < 1.29 is 9.59 Å². The molecule has 0 bridgehead atoms. The first-order valence-electron chi connectivity index (χ1n) is 11.6. The first-order valence-corrected chi connectivity index (χ1v) is 12.4. The molecule has 0 aliphatic heterocycles. The quantitative estimate of drug-likeness (QED) is 0.311. The van der Waals surface area contributed by atoms with E-state index in [2.05, 4.69) is 24.9 Å². The predicted octanol–water partition coefficient (Wildman–Crippen LogP) is 3.26. The van der Waals surface area contributed by atoms with Crippen LogP contribution in [-0.4, -0.2) is 43.9 Å². The smallest absolute Gasteiger partial charge is 0.239 e. The van der Waals surface area contributed by atoms with Crippen LogP contribution in [-0.2, 0) is 4.79 Å². The van der Waals surface area contributed by atoms with Crippen molar-refractivity contribution in [2.45, 2.75) is 0 Å². The molecule has 0 saturated heterocycles. The molecule has 2 aliphatic rings. The number of fused-ring (bicyclic) bond motifs is 6. The molecule has 4 aromatic rings. The summed E-state index contributed by atoms with van der Waals surface area (Å²) in [6.45, 7) is -0.232. The van der Waals surface area contributed by atoms with E-state index in [-0.39, 0.29) is 40.8 Å². The summed E-state index contributed by atoms with van der Waals surface area (Å²) in [6, 6.07) is 17.1. The van der Waals surface area contributed by atoms with Gasteiger partial charge in [-0.1, -0.05) is 35.3 Å². The Bertz CT molecular complexity index is 2100. The lowest BCUT2D eigenvalue weighted by Gasteiger charge is -2.01. The first kappa shape index (κ1) is 27.5. The topological polar surface area (TPSA) is 219 Å². The monoisotopic (exact) mass is 588 g/mol. The van der Waals surface area contributed by atoms with Gasteiger partial charge in [0.15, 0.2) is 22.8 Å². The number of aliphatic imine (C=N–C) groups is 1. The van der Waals surface area contributed by atoms with Crippen LogP contribution in [0.4, 0.5) is 0 Å². The van der Waals surface area contributed by atoms with Crippen LogP contribution in [0, 0.1) is 45.3 Å². The highest BCUT2D eigenvalue weighted by atomic mass is 35.5. The number of hydrogen-bond donors (Lipinski definition) is 1. The fourth-order valence-corrected chi connectivity index (χ4v) is 4.63. The summed E-state index contributed by atoms with van der Waals surface area (Å²) in [5.41, 5.74) is 8.58. The molecule has 0 fully saturated rings. The summed E-state index contributed by atoms with van der Waals surface area (Å²) in [5.74, 6) is -0.933. The van der Waals surface area contributed by atoms with E-state index < -0.39 is 5.91 Å². The lowest BCUT2D eigenvalue weighted by molar-refractivity contribution is -0.116. The number of nitriles is 4. The van der Waals surface area contributed by atoms with Crippen LogP contribution in [0.3, 0.4) is 0 Å². The zero-order chi connectivity index (χ0) is 30.1. The fraction of sp³-hybridized carbons (Fsp3) is 0.0357. The molecule has 0 atom stereocenters. The van der Waals surface area contributed by atoms with Gasteiger partial charge in [-0.2, -0.15) is 21.0 Å². The Balaban J connectivity index is 0.000000171. The molecule has 0 radical (unpaired) electrons. The Kier molecular flexibility index (Phi) is 7.10. The lowest BCUT2D eigenvalue weighted by atomic mass is 10.1. The largest absolute Gasteiger partial charge is 0.368 e. The number of primary amides is 1. The zero-order valence-corrected chi connectivity index (χ0v) is 22.4. The van der Waals surface area contributed by atoms with Gasteiger partial charge in [-0.15, -0.1) is 0 Å². The maximum absolute atomic E-state index is 12.2. The molecule has 2 aliphatic carbocycles. The van der Waals surface area contributed by atoms with Gasteiger partial charge in [0.1, 0.15) is 53.6 Å². The highest BCUT2D eigenvalue weighted by Gasteiger charge is 2.32. The molecular weight excluding hydrogens is 579 g/mol. The van der Waals surface area contributed by atoms with E-state index in [0.29, 0.717) is 55.1 Å². The number of ketones is 1. The van der Waals surface area contributed by atoms with Crippen molar-refractivity contribution in [1.82, 2.24) is 19.9 Å². The molecule has 0 saturated carbocycles. The van der Waals surface area contributed by atoms with Gasteiger partial charge in [0.2, 0.25) is 11.7 Å². The van der Waals surface area contributed by atoms with Crippen molar-refractivity contribution in [3.63, 3.8) is 0 Å².